The Kier molecular flexibility index (Phi) is 4.43. The van der Waals surface area contributed by atoms with E-state index >= 15 is 0 Å². The number of amides is 1. The van der Waals surface area contributed by atoms with Crippen LogP contribution in [-0.4, -0.2) is 16.2 Å². The molecule has 2 aromatic rings. The number of rotatable bonds is 4. The Bertz CT molecular complexity index is 560. The average Bonchev–Trinajstić information content (AvgIpc) is 2.45. The third-order valence-electron chi connectivity index (χ3n) is 2.52. The van der Waals surface area contributed by atoms with Crippen LogP contribution in [0.15, 0.2) is 59.5 Å². The van der Waals surface area contributed by atoms with E-state index in [1.165, 1.54) is 11.8 Å². The zero-order valence-corrected chi connectivity index (χ0v) is 10.8. The molecular formula is C14H13NO3S. The maximum Gasteiger partial charge on any atom is 0.261 e. The number of benzene rings is 2. The minimum Gasteiger partial charge on any atom is -0.508 e. The van der Waals surface area contributed by atoms with Crippen molar-refractivity contribution in [2.24, 2.45) is 0 Å². The quantitative estimate of drug-likeness (QED) is 0.456. The topological polar surface area (TPSA) is 69.6 Å². The minimum atomic E-state index is -0.576. The van der Waals surface area contributed by atoms with Crippen LogP contribution in [0.25, 0.3) is 0 Å². The molecule has 2 aromatic carbocycles. The molecule has 0 bridgehead atoms. The second-order valence-electron chi connectivity index (χ2n) is 3.88. The molecule has 4 nitrogen and oxygen atoms in total. The summed E-state index contributed by atoms with van der Waals surface area (Å²) < 4.78 is 0. The smallest absolute Gasteiger partial charge is 0.261 e. The van der Waals surface area contributed by atoms with Gasteiger partial charge >= 0.3 is 0 Å². The van der Waals surface area contributed by atoms with Crippen molar-refractivity contribution >= 4 is 17.7 Å². The van der Waals surface area contributed by atoms with Gasteiger partial charge in [0, 0.05) is 4.90 Å². The summed E-state index contributed by atoms with van der Waals surface area (Å²) in [4.78, 5) is 12.5. The summed E-state index contributed by atoms with van der Waals surface area (Å²) in [6.45, 7) is 0. The van der Waals surface area contributed by atoms with Gasteiger partial charge < -0.3 is 5.11 Å². The van der Waals surface area contributed by atoms with E-state index in [1.54, 1.807) is 29.7 Å². The molecule has 2 rings (SSSR count). The molecule has 98 valence electrons. The third-order valence-corrected chi connectivity index (χ3v) is 3.77. The monoisotopic (exact) mass is 275 g/mol. The van der Waals surface area contributed by atoms with Crippen molar-refractivity contribution in [3.8, 4) is 5.75 Å². The Morgan fingerprint density at radius 1 is 1.11 bits per heavy atom. The molecule has 19 heavy (non-hydrogen) atoms. The van der Waals surface area contributed by atoms with Gasteiger partial charge in [-0.25, -0.2) is 5.48 Å². The van der Waals surface area contributed by atoms with Crippen LogP contribution in [0, 0.1) is 0 Å². The minimum absolute atomic E-state index is 0.140. The molecule has 1 atom stereocenters. The van der Waals surface area contributed by atoms with Crippen LogP contribution in [0.5, 0.6) is 5.75 Å². The number of nitrogens with one attached hydrogen (secondary N) is 1. The molecule has 0 radical (unpaired) electrons. The van der Waals surface area contributed by atoms with Gasteiger partial charge in [0.15, 0.2) is 0 Å². The normalized spacial score (nSPS) is 11.8. The highest BCUT2D eigenvalue weighted by Crippen LogP contribution is 2.36. The third kappa shape index (κ3) is 3.49. The van der Waals surface area contributed by atoms with Crippen LogP contribution < -0.4 is 5.48 Å². The predicted octanol–water partition coefficient (Wildman–Crippen LogP) is 2.73. The van der Waals surface area contributed by atoms with Gasteiger partial charge in [0.2, 0.25) is 0 Å². The molecule has 0 spiro atoms. The Morgan fingerprint density at radius 3 is 2.47 bits per heavy atom. The fraction of sp³-hybridized carbons (Fsp3) is 0.0714. The number of aromatic hydroxyl groups is 1. The first-order valence-corrected chi connectivity index (χ1v) is 6.53. The summed E-state index contributed by atoms with van der Waals surface area (Å²) in [5.74, 6) is -0.360. The lowest BCUT2D eigenvalue weighted by molar-refractivity contribution is -0.128. The number of hydroxylamine groups is 1. The molecule has 3 N–H and O–H groups in total. The van der Waals surface area contributed by atoms with Crippen molar-refractivity contribution in [2.45, 2.75) is 10.1 Å². The van der Waals surface area contributed by atoms with E-state index in [0.29, 0.717) is 0 Å². The van der Waals surface area contributed by atoms with E-state index in [0.717, 1.165) is 10.5 Å². The number of thioether (sulfide) groups is 1. The van der Waals surface area contributed by atoms with Crippen molar-refractivity contribution in [1.29, 1.82) is 0 Å². The molecule has 0 fully saturated rings. The van der Waals surface area contributed by atoms with E-state index in [1.807, 2.05) is 30.3 Å². The maximum absolute atomic E-state index is 11.8. The molecule has 1 unspecified atom stereocenters. The summed E-state index contributed by atoms with van der Waals surface area (Å²) in [5, 5.41) is 17.7. The summed E-state index contributed by atoms with van der Waals surface area (Å²) in [6.07, 6.45) is 0. The zero-order valence-electron chi connectivity index (χ0n) is 9.98. The van der Waals surface area contributed by atoms with Gasteiger partial charge in [0.05, 0.1) is 0 Å². The number of hydrogen-bond acceptors (Lipinski definition) is 4. The highest BCUT2D eigenvalue weighted by molar-refractivity contribution is 8.00. The van der Waals surface area contributed by atoms with E-state index in [9.17, 15) is 9.90 Å². The van der Waals surface area contributed by atoms with Crippen molar-refractivity contribution < 1.29 is 15.1 Å². The highest BCUT2D eigenvalue weighted by atomic mass is 32.2. The van der Waals surface area contributed by atoms with E-state index < -0.39 is 11.2 Å². The molecule has 1 amide bonds. The number of hydrogen-bond donors (Lipinski definition) is 3. The van der Waals surface area contributed by atoms with Crippen molar-refractivity contribution in [1.82, 2.24) is 5.48 Å². The standard InChI is InChI=1S/C14H13NO3S/c16-11-7-4-8-12(9-11)19-13(14(17)15-18)10-5-2-1-3-6-10/h1-9,13,16,18H,(H,15,17). The summed E-state index contributed by atoms with van der Waals surface area (Å²) in [7, 11) is 0. The molecule has 0 heterocycles. The molecule has 0 aliphatic carbocycles. The molecule has 0 saturated carbocycles. The number of carbonyl (C=O) groups excluding carboxylic acids is 1. The second-order valence-corrected chi connectivity index (χ2v) is 5.06. The second kappa shape index (κ2) is 6.26. The van der Waals surface area contributed by atoms with Gasteiger partial charge in [-0.3, -0.25) is 10.0 Å². The molecule has 0 aliphatic rings. The molecular weight excluding hydrogens is 262 g/mol. The van der Waals surface area contributed by atoms with Gasteiger partial charge in [0.1, 0.15) is 11.0 Å². The lowest BCUT2D eigenvalue weighted by atomic mass is 10.1. The first-order chi connectivity index (χ1) is 9.20. The van der Waals surface area contributed by atoms with Crippen LogP contribution >= 0.6 is 11.8 Å². The Hall–Kier alpha value is -1.98. The number of carbonyl (C=O) groups is 1. The maximum atomic E-state index is 11.8. The van der Waals surface area contributed by atoms with Crippen molar-refractivity contribution in [3.63, 3.8) is 0 Å². The van der Waals surface area contributed by atoms with Crippen molar-refractivity contribution in [3.05, 3.63) is 60.2 Å². The Balaban J connectivity index is 2.27. The van der Waals surface area contributed by atoms with Crippen LogP contribution in [0.2, 0.25) is 0 Å². The van der Waals surface area contributed by atoms with E-state index in [-0.39, 0.29) is 5.75 Å². The van der Waals surface area contributed by atoms with Crippen molar-refractivity contribution in [2.75, 3.05) is 0 Å². The zero-order chi connectivity index (χ0) is 13.7. The van der Waals surface area contributed by atoms with Crippen LogP contribution in [0.3, 0.4) is 0 Å². The summed E-state index contributed by atoms with van der Waals surface area (Å²) >= 11 is 1.26. The number of phenols is 1. The summed E-state index contributed by atoms with van der Waals surface area (Å²) in [6, 6.07) is 15.8. The van der Waals surface area contributed by atoms with Crippen LogP contribution in [0.1, 0.15) is 10.8 Å². The fourth-order valence-corrected chi connectivity index (χ4v) is 2.72. The van der Waals surface area contributed by atoms with Gasteiger partial charge in [0.25, 0.3) is 5.91 Å². The Labute approximate surface area is 115 Å². The fourth-order valence-electron chi connectivity index (χ4n) is 1.65. The summed E-state index contributed by atoms with van der Waals surface area (Å²) in [5.41, 5.74) is 2.46. The van der Waals surface area contributed by atoms with Crippen LogP contribution in [0.4, 0.5) is 0 Å². The Morgan fingerprint density at radius 2 is 1.84 bits per heavy atom. The lowest BCUT2D eigenvalue weighted by Gasteiger charge is -2.14. The number of phenolic OH excluding ortho intramolecular Hbond substituents is 1. The first-order valence-electron chi connectivity index (χ1n) is 5.65. The van der Waals surface area contributed by atoms with Gasteiger partial charge in [-0.1, -0.05) is 36.4 Å². The molecule has 5 heteroatoms. The largest absolute Gasteiger partial charge is 0.508 e. The lowest BCUT2D eigenvalue weighted by Crippen LogP contribution is -2.24. The predicted molar refractivity (Wildman–Crippen MR) is 73.1 cm³/mol. The molecule has 0 aromatic heterocycles. The average molecular weight is 275 g/mol. The first kappa shape index (κ1) is 13.5. The van der Waals surface area contributed by atoms with Gasteiger partial charge in [-0.15, -0.1) is 11.8 Å². The van der Waals surface area contributed by atoms with Gasteiger partial charge in [-0.2, -0.15) is 0 Å². The van der Waals surface area contributed by atoms with E-state index in [2.05, 4.69) is 0 Å². The van der Waals surface area contributed by atoms with Crippen LogP contribution in [-0.2, 0) is 4.79 Å². The molecule has 0 aliphatic heterocycles. The van der Waals surface area contributed by atoms with Gasteiger partial charge in [-0.05, 0) is 23.8 Å². The molecule has 0 saturated heterocycles. The SMILES string of the molecule is O=C(NO)C(Sc1cccc(O)c1)c1ccccc1. The van der Waals surface area contributed by atoms with E-state index in [4.69, 9.17) is 5.21 Å². The highest BCUT2D eigenvalue weighted by Gasteiger charge is 2.21.